The summed E-state index contributed by atoms with van der Waals surface area (Å²) in [5.41, 5.74) is 3.71. The van der Waals surface area contributed by atoms with Gasteiger partial charge in [0.05, 0.1) is 23.8 Å². The smallest absolute Gasteiger partial charge is 0.322 e. The number of hydrogen-bond acceptors (Lipinski definition) is 5. The second-order valence-electron chi connectivity index (χ2n) is 6.20. The minimum absolute atomic E-state index is 0.363. The molecule has 0 saturated heterocycles. The number of nitrogens with one attached hydrogen (secondary N) is 1. The third-order valence-electron chi connectivity index (χ3n) is 4.36. The molecule has 0 amide bonds. The Kier molecular flexibility index (Phi) is 7.04. The first-order valence-electron chi connectivity index (χ1n) is 9.18. The van der Waals surface area contributed by atoms with Gasteiger partial charge in [-0.15, -0.1) is 11.8 Å². The van der Waals surface area contributed by atoms with Gasteiger partial charge in [-0.1, -0.05) is 20.3 Å². The lowest BCUT2D eigenvalue weighted by Crippen LogP contribution is -2.11. The predicted molar refractivity (Wildman–Crippen MR) is 112 cm³/mol. The van der Waals surface area contributed by atoms with E-state index in [2.05, 4.69) is 34.9 Å². The number of imidazole rings is 1. The Morgan fingerprint density at radius 1 is 1.26 bits per heavy atom. The highest BCUT2D eigenvalue weighted by Crippen LogP contribution is 2.28. The van der Waals surface area contributed by atoms with E-state index < -0.39 is 11.2 Å². The van der Waals surface area contributed by atoms with Crippen molar-refractivity contribution >= 4 is 34.0 Å². The first kappa shape index (κ1) is 20.0. The summed E-state index contributed by atoms with van der Waals surface area (Å²) in [7, 11) is 1.62. The molecule has 3 rings (SSSR count). The first-order valence-corrected chi connectivity index (χ1v) is 11.5. The van der Waals surface area contributed by atoms with Crippen LogP contribution in [0, 0.1) is 0 Å². The Balaban J connectivity index is 1.80. The van der Waals surface area contributed by atoms with E-state index in [1.54, 1.807) is 7.11 Å². The van der Waals surface area contributed by atoms with Crippen molar-refractivity contribution in [3.8, 4) is 5.75 Å². The monoisotopic (exact) mass is 403 g/mol. The van der Waals surface area contributed by atoms with Gasteiger partial charge in [-0.25, -0.2) is 0 Å². The van der Waals surface area contributed by atoms with Gasteiger partial charge in [0.15, 0.2) is 5.75 Å². The van der Waals surface area contributed by atoms with E-state index in [0.29, 0.717) is 10.9 Å². The molecule has 1 N–H and O–H groups in total. The summed E-state index contributed by atoms with van der Waals surface area (Å²) in [5.74, 6) is 2.20. The number of methoxy groups -OCH3 is 1. The maximum absolute atomic E-state index is 12.9. The maximum Gasteiger partial charge on any atom is 0.322 e. The highest BCUT2D eigenvalue weighted by atomic mass is 32.2. The second kappa shape index (κ2) is 9.48. The molecular formula is C20H25N3O2S2. The van der Waals surface area contributed by atoms with Gasteiger partial charge in [0.1, 0.15) is 5.75 Å². The molecule has 1 atom stereocenters. The molecule has 27 heavy (non-hydrogen) atoms. The highest BCUT2D eigenvalue weighted by Gasteiger charge is 2.21. The number of nitrogens with zero attached hydrogens (tertiary/aromatic N) is 2. The number of H-pyrrole nitrogens is 1. The fourth-order valence-electron chi connectivity index (χ4n) is 2.87. The topological polar surface area (TPSA) is 73.9 Å². The summed E-state index contributed by atoms with van der Waals surface area (Å²) in [5, 5.41) is 0.478. The van der Waals surface area contributed by atoms with E-state index >= 15 is 0 Å². The molecule has 1 aromatic carbocycles. The van der Waals surface area contributed by atoms with Crippen LogP contribution in [0.2, 0.25) is 0 Å². The zero-order valence-corrected chi connectivity index (χ0v) is 17.6. The molecule has 0 saturated carbocycles. The van der Waals surface area contributed by atoms with Crippen LogP contribution >= 0.6 is 11.8 Å². The summed E-state index contributed by atoms with van der Waals surface area (Å²) in [6, 6.07) is 7.66. The Bertz CT molecular complexity index is 898. The number of aromatic nitrogens is 3. The lowest BCUT2D eigenvalue weighted by Gasteiger charge is -2.13. The van der Waals surface area contributed by atoms with Crippen molar-refractivity contribution in [3.63, 3.8) is 0 Å². The van der Waals surface area contributed by atoms with Crippen LogP contribution < -0.4 is 4.74 Å². The molecule has 7 heteroatoms. The number of thioether (sulfide) groups is 1. The van der Waals surface area contributed by atoms with Crippen LogP contribution in [0.4, 0.5) is 0 Å². The first-order chi connectivity index (χ1) is 13.2. The Morgan fingerprint density at radius 2 is 2.11 bits per heavy atom. The maximum atomic E-state index is 12.9. The molecule has 144 valence electrons. The molecule has 0 spiro atoms. The minimum atomic E-state index is -1.28. The largest absolute Gasteiger partial charge is 0.609 e. The molecule has 2 heterocycles. The minimum Gasteiger partial charge on any atom is -0.609 e. The highest BCUT2D eigenvalue weighted by molar-refractivity contribution is 7.99. The normalized spacial score (nSPS) is 12.4. The molecule has 3 aromatic rings. The van der Waals surface area contributed by atoms with Crippen LogP contribution in [0.5, 0.6) is 5.75 Å². The number of pyridine rings is 1. The van der Waals surface area contributed by atoms with Gasteiger partial charge < -0.3 is 9.29 Å². The van der Waals surface area contributed by atoms with Gasteiger partial charge >= 0.3 is 5.16 Å². The fourth-order valence-corrected chi connectivity index (χ4v) is 5.17. The van der Waals surface area contributed by atoms with Crippen molar-refractivity contribution in [2.75, 3.05) is 12.9 Å². The molecule has 0 fully saturated rings. The second-order valence-corrected chi connectivity index (χ2v) is 8.71. The standard InChI is InChI=1S/C20H25N3O2S2/c1-4-6-11-26-19-9-10-21-18(15(19)5-2)13-27(24)20-22-16-8-7-14(25-3)12-17(16)23-20/h7-10,12H,4-6,11,13H2,1-3H3,(H,22,23). The van der Waals surface area contributed by atoms with Crippen molar-refractivity contribution in [1.29, 1.82) is 0 Å². The molecule has 0 bridgehead atoms. The Labute approximate surface area is 167 Å². The number of fused-ring (bicyclic) bond motifs is 1. The van der Waals surface area contributed by atoms with Gasteiger partial charge in [0.25, 0.3) is 0 Å². The Hall–Kier alpha value is -1.70. The average molecular weight is 404 g/mol. The van der Waals surface area contributed by atoms with Crippen LogP contribution in [-0.2, 0) is 23.3 Å². The molecule has 2 aromatic heterocycles. The number of benzene rings is 1. The van der Waals surface area contributed by atoms with Gasteiger partial charge in [0.2, 0.25) is 0 Å². The van der Waals surface area contributed by atoms with Gasteiger partial charge in [0, 0.05) is 28.3 Å². The summed E-state index contributed by atoms with van der Waals surface area (Å²) >= 11 is 0.583. The quantitative estimate of drug-likeness (QED) is 0.318. The molecule has 0 aliphatic carbocycles. The van der Waals surface area contributed by atoms with E-state index in [-0.39, 0.29) is 0 Å². The van der Waals surface area contributed by atoms with Crippen molar-refractivity contribution in [3.05, 3.63) is 41.7 Å². The summed E-state index contributed by atoms with van der Waals surface area (Å²) in [6.07, 6.45) is 5.09. The van der Waals surface area contributed by atoms with Crippen molar-refractivity contribution in [2.45, 2.75) is 48.9 Å². The van der Waals surface area contributed by atoms with Crippen LogP contribution in [0.3, 0.4) is 0 Å². The van der Waals surface area contributed by atoms with E-state index in [1.165, 1.54) is 23.3 Å². The fraction of sp³-hybridized carbons (Fsp3) is 0.400. The third kappa shape index (κ3) is 4.78. The third-order valence-corrected chi connectivity index (χ3v) is 6.71. The summed E-state index contributed by atoms with van der Waals surface area (Å²) < 4.78 is 18.1. The van der Waals surface area contributed by atoms with Crippen LogP contribution in [-0.4, -0.2) is 32.4 Å². The molecule has 5 nitrogen and oxygen atoms in total. The summed E-state index contributed by atoms with van der Waals surface area (Å²) in [6.45, 7) is 4.33. The lowest BCUT2D eigenvalue weighted by atomic mass is 10.1. The van der Waals surface area contributed by atoms with E-state index in [1.807, 2.05) is 36.2 Å². The number of unbranched alkanes of at least 4 members (excludes halogenated alkanes) is 1. The van der Waals surface area contributed by atoms with Crippen molar-refractivity contribution < 1.29 is 9.29 Å². The van der Waals surface area contributed by atoms with E-state index in [0.717, 1.165) is 34.7 Å². The van der Waals surface area contributed by atoms with Crippen molar-refractivity contribution in [1.82, 2.24) is 15.0 Å². The Morgan fingerprint density at radius 3 is 2.85 bits per heavy atom. The molecule has 0 radical (unpaired) electrons. The number of rotatable bonds is 9. The molecular weight excluding hydrogens is 378 g/mol. The predicted octanol–water partition coefficient (Wildman–Crippen LogP) is 4.73. The number of aromatic amines is 1. The lowest BCUT2D eigenvalue weighted by molar-refractivity contribution is 0.415. The van der Waals surface area contributed by atoms with Crippen LogP contribution in [0.25, 0.3) is 11.0 Å². The van der Waals surface area contributed by atoms with Gasteiger partial charge in [-0.05, 0) is 42.4 Å². The SMILES string of the molecule is CCCCSc1ccnc(C[S+]([O-])c2nc3cc(OC)ccc3[nH]2)c1CC. The van der Waals surface area contributed by atoms with E-state index in [4.69, 9.17) is 4.74 Å². The average Bonchev–Trinajstić information content (AvgIpc) is 3.11. The molecule has 1 unspecified atom stereocenters. The zero-order chi connectivity index (χ0) is 19.2. The molecule has 0 aliphatic rings. The molecule has 0 aliphatic heterocycles. The van der Waals surface area contributed by atoms with Crippen molar-refractivity contribution in [2.24, 2.45) is 0 Å². The van der Waals surface area contributed by atoms with Crippen LogP contribution in [0.1, 0.15) is 37.9 Å². The zero-order valence-electron chi connectivity index (χ0n) is 15.9. The number of hydrogen-bond donors (Lipinski definition) is 1. The van der Waals surface area contributed by atoms with Gasteiger partial charge in [-0.2, -0.15) is 4.98 Å². The van der Waals surface area contributed by atoms with E-state index in [9.17, 15) is 4.55 Å². The van der Waals surface area contributed by atoms with Gasteiger partial charge in [-0.3, -0.25) is 9.97 Å². The van der Waals surface area contributed by atoms with Crippen LogP contribution in [0.15, 0.2) is 40.5 Å². The summed E-state index contributed by atoms with van der Waals surface area (Å²) in [4.78, 5) is 13.4. The number of ether oxygens (including phenoxy) is 1.